The minimum atomic E-state index is -1.24. The molecule has 0 aliphatic heterocycles. The first-order valence-electron chi connectivity index (χ1n) is 6.00. The summed E-state index contributed by atoms with van der Waals surface area (Å²) in [5.41, 5.74) is 1.40. The third-order valence-electron chi connectivity index (χ3n) is 3.20. The summed E-state index contributed by atoms with van der Waals surface area (Å²) in [5.74, 6) is -2.48. The molecule has 1 rings (SSSR count). The molecule has 114 valence electrons. The minimum Gasteiger partial charge on any atom is -0.327 e. The quantitative estimate of drug-likeness (QED) is 0.679. The third-order valence-corrected chi connectivity index (χ3v) is 3.20. The van der Waals surface area contributed by atoms with E-state index in [2.05, 4.69) is 0 Å². The number of methoxy groups -OCH3 is 6. The van der Waals surface area contributed by atoms with E-state index in [1.807, 2.05) is 0 Å². The van der Waals surface area contributed by atoms with Crippen LogP contribution >= 0.6 is 0 Å². The van der Waals surface area contributed by atoms with Crippen molar-refractivity contribution >= 4 is 0 Å². The molecule has 0 spiro atoms. The van der Waals surface area contributed by atoms with Crippen LogP contribution in [0.5, 0.6) is 0 Å². The van der Waals surface area contributed by atoms with E-state index in [1.54, 1.807) is 24.3 Å². The van der Waals surface area contributed by atoms with Crippen LogP contribution in [0.25, 0.3) is 0 Å². The largest absolute Gasteiger partial charge is 0.327 e. The Morgan fingerprint density at radius 3 is 0.850 bits per heavy atom. The van der Waals surface area contributed by atoms with Crippen molar-refractivity contribution in [1.29, 1.82) is 0 Å². The van der Waals surface area contributed by atoms with Gasteiger partial charge in [0.05, 0.1) is 0 Å². The Kier molecular flexibility index (Phi) is 6.07. The Balaban J connectivity index is 3.16. The lowest BCUT2D eigenvalue weighted by atomic mass is 10.1. The molecule has 0 aromatic heterocycles. The third kappa shape index (κ3) is 2.85. The highest BCUT2D eigenvalue weighted by molar-refractivity contribution is 5.27. The van der Waals surface area contributed by atoms with Crippen LogP contribution in [-0.2, 0) is 40.4 Å². The van der Waals surface area contributed by atoms with Gasteiger partial charge in [0.15, 0.2) is 0 Å². The molecule has 0 bridgehead atoms. The summed E-state index contributed by atoms with van der Waals surface area (Å²) in [6, 6.07) is 7.16. The molecule has 6 heteroatoms. The summed E-state index contributed by atoms with van der Waals surface area (Å²) in [6.07, 6.45) is 0. The lowest BCUT2D eigenvalue weighted by molar-refractivity contribution is -0.366. The van der Waals surface area contributed by atoms with E-state index < -0.39 is 11.9 Å². The molecule has 0 atom stereocenters. The average Bonchev–Trinajstić information content (AvgIpc) is 2.53. The van der Waals surface area contributed by atoms with Crippen LogP contribution in [0.3, 0.4) is 0 Å². The first kappa shape index (κ1) is 17.0. The maximum atomic E-state index is 5.29. The van der Waals surface area contributed by atoms with E-state index in [4.69, 9.17) is 28.4 Å². The van der Waals surface area contributed by atoms with E-state index in [-0.39, 0.29) is 0 Å². The van der Waals surface area contributed by atoms with Crippen LogP contribution in [0.2, 0.25) is 0 Å². The second kappa shape index (κ2) is 7.12. The maximum Gasteiger partial charge on any atom is 0.311 e. The second-order valence-electron chi connectivity index (χ2n) is 3.91. The minimum absolute atomic E-state index is 0.700. The average molecular weight is 286 g/mol. The van der Waals surface area contributed by atoms with Gasteiger partial charge in [-0.25, -0.2) is 0 Å². The van der Waals surface area contributed by atoms with Crippen LogP contribution in [0.15, 0.2) is 24.3 Å². The normalized spacial score (nSPS) is 12.7. The summed E-state index contributed by atoms with van der Waals surface area (Å²) in [6.45, 7) is 0. The van der Waals surface area contributed by atoms with Crippen LogP contribution in [0.1, 0.15) is 11.1 Å². The van der Waals surface area contributed by atoms with Crippen molar-refractivity contribution < 1.29 is 28.4 Å². The first-order chi connectivity index (χ1) is 9.57. The monoisotopic (exact) mass is 286 g/mol. The van der Waals surface area contributed by atoms with Gasteiger partial charge in [0.2, 0.25) is 0 Å². The summed E-state index contributed by atoms with van der Waals surface area (Å²) >= 11 is 0. The van der Waals surface area contributed by atoms with Crippen molar-refractivity contribution in [2.45, 2.75) is 11.9 Å². The summed E-state index contributed by atoms with van der Waals surface area (Å²) in [5, 5.41) is 0. The van der Waals surface area contributed by atoms with Gasteiger partial charge in [-0.15, -0.1) is 0 Å². The standard InChI is InChI=1S/C14H22O6/c1-15-13(16-2,17-3)11-7-9-12(10-8-11)14(18-4,19-5)20-6/h7-10H,1-6H3. The smallest absolute Gasteiger partial charge is 0.311 e. The van der Waals surface area contributed by atoms with Gasteiger partial charge in [0, 0.05) is 53.8 Å². The second-order valence-corrected chi connectivity index (χ2v) is 3.91. The zero-order valence-corrected chi connectivity index (χ0v) is 12.8. The molecule has 0 aliphatic rings. The Morgan fingerprint density at radius 2 is 0.700 bits per heavy atom. The predicted molar refractivity (Wildman–Crippen MR) is 71.9 cm³/mol. The molecule has 0 unspecified atom stereocenters. The summed E-state index contributed by atoms with van der Waals surface area (Å²) in [4.78, 5) is 0. The summed E-state index contributed by atoms with van der Waals surface area (Å²) < 4.78 is 31.7. The Morgan fingerprint density at radius 1 is 0.500 bits per heavy atom. The van der Waals surface area contributed by atoms with Gasteiger partial charge in [-0.05, 0) is 0 Å². The van der Waals surface area contributed by atoms with Gasteiger partial charge < -0.3 is 28.4 Å². The zero-order valence-electron chi connectivity index (χ0n) is 12.8. The highest BCUT2D eigenvalue weighted by Gasteiger charge is 2.35. The molecule has 0 saturated carbocycles. The first-order valence-corrected chi connectivity index (χ1v) is 6.00. The molecule has 0 radical (unpaired) electrons. The van der Waals surface area contributed by atoms with Crippen molar-refractivity contribution in [3.8, 4) is 0 Å². The molecule has 0 heterocycles. The Labute approximate surface area is 119 Å². The predicted octanol–water partition coefficient (Wildman–Crippen LogP) is 1.79. The van der Waals surface area contributed by atoms with Crippen molar-refractivity contribution in [1.82, 2.24) is 0 Å². The highest BCUT2D eigenvalue weighted by atomic mass is 16.9. The van der Waals surface area contributed by atoms with Gasteiger partial charge in [-0.3, -0.25) is 0 Å². The van der Waals surface area contributed by atoms with Crippen LogP contribution in [-0.4, -0.2) is 42.7 Å². The van der Waals surface area contributed by atoms with Crippen LogP contribution < -0.4 is 0 Å². The lowest BCUT2D eigenvalue weighted by Crippen LogP contribution is -2.34. The Hall–Kier alpha value is -1.02. The van der Waals surface area contributed by atoms with Crippen molar-refractivity contribution in [2.75, 3.05) is 42.7 Å². The van der Waals surface area contributed by atoms with E-state index >= 15 is 0 Å². The highest BCUT2D eigenvalue weighted by Crippen LogP contribution is 2.31. The van der Waals surface area contributed by atoms with E-state index in [1.165, 1.54) is 42.7 Å². The molecule has 1 aromatic carbocycles. The fourth-order valence-corrected chi connectivity index (χ4v) is 2.09. The molecule has 0 saturated heterocycles. The fraction of sp³-hybridized carbons (Fsp3) is 0.571. The molecule has 0 fully saturated rings. The molecule has 6 nitrogen and oxygen atoms in total. The maximum absolute atomic E-state index is 5.29. The SMILES string of the molecule is COC(OC)(OC)c1ccc(C(OC)(OC)OC)cc1. The molecule has 0 N–H and O–H groups in total. The van der Waals surface area contributed by atoms with Crippen LogP contribution in [0.4, 0.5) is 0 Å². The molecule has 0 aliphatic carbocycles. The van der Waals surface area contributed by atoms with E-state index in [0.29, 0.717) is 11.1 Å². The van der Waals surface area contributed by atoms with Crippen molar-refractivity contribution in [3.05, 3.63) is 35.4 Å². The van der Waals surface area contributed by atoms with Crippen molar-refractivity contribution in [2.24, 2.45) is 0 Å². The molecule has 20 heavy (non-hydrogen) atoms. The van der Waals surface area contributed by atoms with Gasteiger partial charge in [-0.1, -0.05) is 24.3 Å². The fourth-order valence-electron chi connectivity index (χ4n) is 2.09. The number of ether oxygens (including phenoxy) is 6. The van der Waals surface area contributed by atoms with Crippen LogP contribution in [0, 0.1) is 0 Å². The number of hydrogen-bond donors (Lipinski definition) is 0. The number of benzene rings is 1. The van der Waals surface area contributed by atoms with Crippen molar-refractivity contribution in [3.63, 3.8) is 0 Å². The number of rotatable bonds is 8. The lowest BCUT2D eigenvalue weighted by Gasteiger charge is -2.31. The van der Waals surface area contributed by atoms with Gasteiger partial charge in [0.1, 0.15) is 0 Å². The molecule has 0 amide bonds. The summed E-state index contributed by atoms with van der Waals surface area (Å²) in [7, 11) is 9.03. The van der Waals surface area contributed by atoms with Gasteiger partial charge in [-0.2, -0.15) is 0 Å². The molecular formula is C14H22O6. The molecule has 1 aromatic rings. The molecular weight excluding hydrogens is 264 g/mol. The van der Waals surface area contributed by atoms with E-state index in [0.717, 1.165) is 0 Å². The van der Waals surface area contributed by atoms with E-state index in [9.17, 15) is 0 Å². The van der Waals surface area contributed by atoms with Gasteiger partial charge >= 0.3 is 11.9 Å². The zero-order chi connectivity index (χ0) is 15.2. The Bertz CT molecular complexity index is 339. The number of hydrogen-bond acceptors (Lipinski definition) is 6. The van der Waals surface area contributed by atoms with Gasteiger partial charge in [0.25, 0.3) is 0 Å². The topological polar surface area (TPSA) is 55.4 Å².